The van der Waals surface area contributed by atoms with Crippen molar-refractivity contribution in [2.24, 2.45) is 11.8 Å². The van der Waals surface area contributed by atoms with E-state index in [1.807, 2.05) is 12.1 Å². The van der Waals surface area contributed by atoms with Gasteiger partial charge < -0.3 is 14.7 Å². The minimum Gasteiger partial charge on any atom is -0.497 e. The first-order valence-corrected chi connectivity index (χ1v) is 7.37. The molecule has 3 rings (SSSR count). The van der Waals surface area contributed by atoms with Crippen LogP contribution in [0.25, 0.3) is 0 Å². The molecule has 122 valence electrons. The molecule has 1 N–H and O–H groups in total. The van der Waals surface area contributed by atoms with Gasteiger partial charge in [0.05, 0.1) is 7.11 Å². The first-order chi connectivity index (χ1) is 10.1. The van der Waals surface area contributed by atoms with Gasteiger partial charge in [0.15, 0.2) is 0 Å². The number of nitrogens with zero attached hydrogens (tertiary/aromatic N) is 2. The molecule has 2 aliphatic heterocycles. The minimum absolute atomic E-state index is 0. The topological polar surface area (TPSA) is 53.0 Å². The van der Waals surface area contributed by atoms with E-state index in [2.05, 4.69) is 24.1 Å². The number of aliphatic hydroxyl groups is 1. The summed E-state index contributed by atoms with van der Waals surface area (Å²) in [5, 5.41) is 9.04. The molecule has 2 heterocycles. The average molecular weight is 327 g/mol. The van der Waals surface area contributed by atoms with Gasteiger partial charge in [-0.25, -0.2) is 0 Å². The maximum atomic E-state index is 11.7. The lowest BCUT2D eigenvalue weighted by atomic mass is 9.89. The van der Waals surface area contributed by atoms with Crippen molar-refractivity contribution in [3.63, 3.8) is 0 Å². The van der Waals surface area contributed by atoms with Gasteiger partial charge in [0, 0.05) is 31.6 Å². The van der Waals surface area contributed by atoms with Crippen LogP contribution in [0.1, 0.15) is 11.6 Å². The van der Waals surface area contributed by atoms with Crippen LogP contribution in [0.2, 0.25) is 0 Å². The number of fused-ring (bicyclic) bond motifs is 1. The molecule has 0 radical (unpaired) electrons. The van der Waals surface area contributed by atoms with E-state index in [0.29, 0.717) is 17.9 Å². The van der Waals surface area contributed by atoms with Gasteiger partial charge in [-0.05, 0) is 30.7 Å². The highest BCUT2D eigenvalue weighted by atomic mass is 35.5. The largest absolute Gasteiger partial charge is 0.497 e. The predicted molar refractivity (Wildman–Crippen MR) is 86.3 cm³/mol. The van der Waals surface area contributed by atoms with Crippen LogP contribution >= 0.6 is 12.4 Å². The molecule has 2 saturated heterocycles. The Bertz CT molecular complexity index is 523. The Morgan fingerprint density at radius 1 is 1.27 bits per heavy atom. The fourth-order valence-corrected chi connectivity index (χ4v) is 3.86. The summed E-state index contributed by atoms with van der Waals surface area (Å²) < 4.78 is 5.21. The lowest BCUT2D eigenvalue weighted by Gasteiger charge is -2.26. The van der Waals surface area contributed by atoms with Gasteiger partial charge in [0.25, 0.3) is 0 Å². The van der Waals surface area contributed by atoms with Gasteiger partial charge in [0.1, 0.15) is 12.4 Å². The van der Waals surface area contributed by atoms with Crippen molar-refractivity contribution in [3.8, 4) is 5.75 Å². The summed E-state index contributed by atoms with van der Waals surface area (Å²) in [5.41, 5.74) is 1.27. The van der Waals surface area contributed by atoms with Gasteiger partial charge in [-0.2, -0.15) is 0 Å². The van der Waals surface area contributed by atoms with E-state index >= 15 is 0 Å². The number of carbonyl (C=O) groups is 1. The second-order valence-corrected chi connectivity index (χ2v) is 6.04. The summed E-state index contributed by atoms with van der Waals surface area (Å²) in [7, 11) is 3.81. The van der Waals surface area contributed by atoms with Crippen LogP contribution in [0.4, 0.5) is 0 Å². The van der Waals surface area contributed by atoms with Crippen LogP contribution < -0.4 is 4.74 Å². The average Bonchev–Trinajstić information content (AvgIpc) is 3.03. The van der Waals surface area contributed by atoms with Crippen LogP contribution in [-0.2, 0) is 4.79 Å². The van der Waals surface area contributed by atoms with Crippen LogP contribution in [0.15, 0.2) is 24.3 Å². The lowest BCUT2D eigenvalue weighted by molar-refractivity contribution is -0.133. The van der Waals surface area contributed by atoms with Gasteiger partial charge in [-0.1, -0.05) is 12.1 Å². The molecule has 0 aliphatic carbocycles. The van der Waals surface area contributed by atoms with Crippen molar-refractivity contribution in [3.05, 3.63) is 29.8 Å². The van der Waals surface area contributed by atoms with Crippen molar-refractivity contribution in [1.82, 2.24) is 9.80 Å². The monoisotopic (exact) mass is 326 g/mol. The molecule has 0 aromatic heterocycles. The predicted octanol–water partition coefficient (Wildman–Crippen LogP) is 1.17. The van der Waals surface area contributed by atoms with Crippen LogP contribution in [0.3, 0.4) is 0 Å². The van der Waals surface area contributed by atoms with Gasteiger partial charge in [-0.15, -0.1) is 12.4 Å². The van der Waals surface area contributed by atoms with Crippen molar-refractivity contribution in [2.75, 3.05) is 40.4 Å². The van der Waals surface area contributed by atoms with Crippen molar-refractivity contribution in [1.29, 1.82) is 0 Å². The quantitative estimate of drug-likeness (QED) is 0.906. The van der Waals surface area contributed by atoms with E-state index in [-0.39, 0.29) is 24.9 Å². The van der Waals surface area contributed by atoms with E-state index in [4.69, 9.17) is 9.84 Å². The molecule has 0 bridgehead atoms. The Labute approximate surface area is 137 Å². The molecule has 1 amide bonds. The fraction of sp³-hybridized carbons (Fsp3) is 0.562. The highest BCUT2D eigenvalue weighted by molar-refractivity contribution is 5.85. The number of hydrogen-bond acceptors (Lipinski definition) is 4. The van der Waals surface area contributed by atoms with Crippen LogP contribution in [0, 0.1) is 11.8 Å². The van der Waals surface area contributed by atoms with Gasteiger partial charge in [0.2, 0.25) is 5.91 Å². The van der Waals surface area contributed by atoms with E-state index < -0.39 is 0 Å². The highest BCUT2D eigenvalue weighted by Gasteiger charge is 2.46. The zero-order valence-electron chi connectivity index (χ0n) is 12.9. The van der Waals surface area contributed by atoms with Gasteiger partial charge >= 0.3 is 0 Å². The molecule has 5 nitrogen and oxygen atoms in total. The molecular formula is C16H23ClN2O3. The number of benzene rings is 1. The zero-order valence-corrected chi connectivity index (χ0v) is 13.8. The highest BCUT2D eigenvalue weighted by Crippen LogP contribution is 2.44. The molecule has 2 fully saturated rings. The maximum absolute atomic E-state index is 11.7. The number of methoxy groups -OCH3 is 1. The summed E-state index contributed by atoms with van der Waals surface area (Å²) in [5.74, 6) is 1.65. The van der Waals surface area contributed by atoms with Crippen molar-refractivity contribution >= 4 is 18.3 Å². The molecular weight excluding hydrogens is 304 g/mol. The number of amides is 1. The Balaban J connectivity index is 0.00000176. The molecule has 6 heteroatoms. The molecule has 2 aliphatic rings. The van der Waals surface area contributed by atoms with E-state index in [1.165, 1.54) is 5.56 Å². The molecule has 0 unspecified atom stereocenters. The number of ether oxygens (including phenoxy) is 1. The van der Waals surface area contributed by atoms with Crippen molar-refractivity contribution < 1.29 is 14.6 Å². The maximum Gasteiger partial charge on any atom is 0.248 e. The van der Waals surface area contributed by atoms with E-state index in [9.17, 15) is 4.79 Å². The summed E-state index contributed by atoms with van der Waals surface area (Å²) >= 11 is 0. The summed E-state index contributed by atoms with van der Waals surface area (Å²) in [6.45, 7) is 2.12. The first-order valence-electron chi connectivity index (χ1n) is 7.37. The standard InChI is InChI=1S/C16H22N2O3.ClH/c1-17-7-12-8-18(15(20)10-19)9-14(12)16(17)11-3-5-13(21-2)6-4-11;/h3-6,12,14,16,19H,7-10H2,1-2H3;1H/t12-,14+,16-;/m0./s1. The second-order valence-electron chi connectivity index (χ2n) is 6.04. The number of hydrogen-bond donors (Lipinski definition) is 1. The Morgan fingerprint density at radius 2 is 1.95 bits per heavy atom. The van der Waals surface area contributed by atoms with E-state index in [1.54, 1.807) is 12.0 Å². The molecule has 1 aromatic rings. The molecule has 3 atom stereocenters. The third kappa shape index (κ3) is 2.93. The first kappa shape index (κ1) is 17.1. The smallest absolute Gasteiger partial charge is 0.248 e. The Hall–Kier alpha value is -1.30. The lowest BCUT2D eigenvalue weighted by Crippen LogP contribution is -2.34. The fourth-order valence-electron chi connectivity index (χ4n) is 3.86. The van der Waals surface area contributed by atoms with Crippen LogP contribution in [-0.4, -0.2) is 61.2 Å². The van der Waals surface area contributed by atoms with E-state index in [0.717, 1.165) is 25.4 Å². The number of carbonyl (C=O) groups excluding carboxylic acids is 1. The number of halogens is 1. The number of aliphatic hydroxyl groups excluding tert-OH is 1. The number of rotatable bonds is 3. The van der Waals surface area contributed by atoms with Gasteiger partial charge in [-0.3, -0.25) is 9.69 Å². The molecule has 22 heavy (non-hydrogen) atoms. The number of likely N-dealkylation sites (tertiary alicyclic amines) is 2. The zero-order chi connectivity index (χ0) is 15.0. The normalized spacial score (nSPS) is 27.4. The summed E-state index contributed by atoms with van der Waals surface area (Å²) in [6, 6.07) is 8.53. The van der Waals surface area contributed by atoms with Crippen molar-refractivity contribution in [2.45, 2.75) is 6.04 Å². The SMILES string of the molecule is COc1ccc([C@H]2[C@@H]3CN(C(=O)CO)C[C@@H]3CN2C)cc1.Cl. The molecule has 0 spiro atoms. The summed E-state index contributed by atoms with van der Waals surface area (Å²) in [6.07, 6.45) is 0. The Morgan fingerprint density at radius 3 is 2.55 bits per heavy atom. The molecule has 1 aromatic carbocycles. The third-order valence-corrected chi connectivity index (χ3v) is 4.84. The minimum atomic E-state index is -0.386. The summed E-state index contributed by atoms with van der Waals surface area (Å²) in [4.78, 5) is 15.9. The second kappa shape index (κ2) is 6.86. The van der Waals surface area contributed by atoms with Crippen LogP contribution in [0.5, 0.6) is 5.75 Å². The molecule has 0 saturated carbocycles. The third-order valence-electron chi connectivity index (χ3n) is 4.84. The Kier molecular flexibility index (Phi) is 5.32.